The topological polar surface area (TPSA) is 38.4 Å². The average Bonchev–Trinajstić information content (AvgIpc) is 2.92. The molecule has 0 bridgehead atoms. The van der Waals surface area contributed by atoms with Crippen molar-refractivity contribution in [3.8, 4) is 5.69 Å². The highest BCUT2D eigenvalue weighted by molar-refractivity contribution is 6.37. The minimum atomic E-state index is -0.623. The predicted octanol–water partition coefficient (Wildman–Crippen LogP) is 5.60. The molecular formula is C21H15Cl2F2N3O. The summed E-state index contributed by atoms with van der Waals surface area (Å²) in [7, 11) is 0. The first-order valence-corrected chi connectivity index (χ1v) is 9.48. The molecule has 0 fully saturated rings. The molecule has 0 saturated carbocycles. The van der Waals surface area contributed by atoms with Crippen molar-refractivity contribution in [1.82, 2.24) is 9.20 Å². The first-order valence-electron chi connectivity index (χ1n) is 8.73. The Balaban J connectivity index is 1.74. The quantitative estimate of drug-likeness (QED) is 0.455. The van der Waals surface area contributed by atoms with Gasteiger partial charge in [0.15, 0.2) is 0 Å². The molecule has 29 heavy (non-hydrogen) atoms. The van der Waals surface area contributed by atoms with E-state index in [0.29, 0.717) is 38.1 Å². The number of aromatic nitrogens is 2. The lowest BCUT2D eigenvalue weighted by Crippen LogP contribution is -2.19. The molecule has 0 saturated heterocycles. The number of pyridine rings is 1. The smallest absolute Gasteiger partial charge is 0.275 e. The first kappa shape index (κ1) is 19.5. The number of fused-ring (bicyclic) bond motifs is 1. The molecular weight excluding hydrogens is 419 g/mol. The number of hydrogen-bond acceptors (Lipinski definition) is 2. The van der Waals surface area contributed by atoms with Gasteiger partial charge in [0.2, 0.25) is 0 Å². The number of benzene rings is 2. The number of aryl methyl sites for hydroxylation is 1. The van der Waals surface area contributed by atoms with Gasteiger partial charge in [-0.3, -0.25) is 9.31 Å². The van der Waals surface area contributed by atoms with Crippen molar-refractivity contribution >= 4 is 34.4 Å². The minimum absolute atomic E-state index is 0.169. The summed E-state index contributed by atoms with van der Waals surface area (Å²) in [6.45, 7) is 1.88. The third kappa shape index (κ3) is 3.50. The van der Waals surface area contributed by atoms with Gasteiger partial charge in [0.25, 0.3) is 5.56 Å². The van der Waals surface area contributed by atoms with Gasteiger partial charge < -0.3 is 5.32 Å². The first-order chi connectivity index (χ1) is 13.9. The van der Waals surface area contributed by atoms with Crippen LogP contribution in [0, 0.1) is 18.6 Å². The fourth-order valence-corrected chi connectivity index (χ4v) is 3.74. The van der Waals surface area contributed by atoms with Gasteiger partial charge in [-0.1, -0.05) is 35.3 Å². The molecule has 2 heterocycles. The normalized spacial score (nSPS) is 11.2. The number of nitrogens with one attached hydrogen (secondary N) is 1. The molecule has 2 aromatic carbocycles. The summed E-state index contributed by atoms with van der Waals surface area (Å²) < 4.78 is 30.0. The van der Waals surface area contributed by atoms with E-state index in [4.69, 9.17) is 23.2 Å². The van der Waals surface area contributed by atoms with E-state index in [1.807, 2.05) is 0 Å². The highest BCUT2D eigenvalue weighted by Gasteiger charge is 2.17. The standard InChI is InChI=1S/C21H15Cl2F2N3O/c1-12-19-10-15(26-11-13-5-6-14(24)9-18(13)25)7-8-27(19)28(21(12)29)20-16(22)3-2-4-17(20)23/h2-10,26H,11H2,1H3. The maximum atomic E-state index is 13.8. The summed E-state index contributed by atoms with van der Waals surface area (Å²) in [5, 5.41) is 3.80. The lowest BCUT2D eigenvalue weighted by atomic mass is 10.2. The van der Waals surface area contributed by atoms with Crippen LogP contribution in [0.2, 0.25) is 10.0 Å². The molecule has 2 aromatic heterocycles. The Hall–Kier alpha value is -2.83. The number of rotatable bonds is 4. The molecule has 148 valence electrons. The van der Waals surface area contributed by atoms with E-state index in [9.17, 15) is 13.6 Å². The summed E-state index contributed by atoms with van der Waals surface area (Å²) in [5.74, 6) is -1.24. The van der Waals surface area contributed by atoms with E-state index < -0.39 is 11.6 Å². The highest BCUT2D eigenvalue weighted by Crippen LogP contribution is 2.28. The van der Waals surface area contributed by atoms with E-state index in [-0.39, 0.29) is 12.1 Å². The van der Waals surface area contributed by atoms with Gasteiger partial charge in [0, 0.05) is 35.6 Å². The van der Waals surface area contributed by atoms with Crippen LogP contribution in [0.4, 0.5) is 14.5 Å². The Bertz CT molecular complexity index is 1280. The van der Waals surface area contributed by atoms with Crippen molar-refractivity contribution in [2.75, 3.05) is 5.32 Å². The van der Waals surface area contributed by atoms with Crippen molar-refractivity contribution in [2.45, 2.75) is 13.5 Å². The lowest BCUT2D eigenvalue weighted by molar-refractivity contribution is 0.574. The molecule has 0 radical (unpaired) electrons. The molecule has 4 aromatic rings. The largest absolute Gasteiger partial charge is 0.381 e. The van der Waals surface area contributed by atoms with Crippen LogP contribution in [0.15, 0.2) is 59.5 Å². The van der Waals surface area contributed by atoms with Crippen molar-refractivity contribution in [3.05, 3.63) is 97.9 Å². The molecule has 8 heteroatoms. The lowest BCUT2D eigenvalue weighted by Gasteiger charge is -2.12. The van der Waals surface area contributed by atoms with Gasteiger partial charge in [-0.15, -0.1) is 0 Å². The maximum Gasteiger partial charge on any atom is 0.275 e. The fraction of sp³-hybridized carbons (Fsp3) is 0.0952. The minimum Gasteiger partial charge on any atom is -0.381 e. The van der Waals surface area contributed by atoms with E-state index in [2.05, 4.69) is 5.32 Å². The molecule has 0 aliphatic heterocycles. The highest BCUT2D eigenvalue weighted by atomic mass is 35.5. The van der Waals surface area contributed by atoms with E-state index in [0.717, 1.165) is 6.07 Å². The number of hydrogen-bond donors (Lipinski definition) is 1. The number of para-hydroxylation sites is 1. The monoisotopic (exact) mass is 433 g/mol. The molecule has 0 aliphatic carbocycles. The SMILES string of the molecule is Cc1c(=O)n(-c2c(Cl)cccc2Cl)n2ccc(NCc3ccc(F)cc3F)cc12. The second-order valence-electron chi connectivity index (χ2n) is 6.55. The van der Waals surface area contributed by atoms with Crippen LogP contribution in [0.5, 0.6) is 0 Å². The molecule has 4 nitrogen and oxygen atoms in total. The molecule has 1 N–H and O–H groups in total. The van der Waals surface area contributed by atoms with Crippen LogP contribution in [0.3, 0.4) is 0 Å². The Morgan fingerprint density at radius 1 is 1.03 bits per heavy atom. The third-order valence-electron chi connectivity index (χ3n) is 4.69. The second-order valence-corrected chi connectivity index (χ2v) is 7.36. The van der Waals surface area contributed by atoms with Crippen LogP contribution in [0.1, 0.15) is 11.1 Å². The maximum absolute atomic E-state index is 13.8. The molecule has 0 aliphatic rings. The van der Waals surface area contributed by atoms with Crippen LogP contribution in [-0.2, 0) is 6.54 Å². The zero-order chi connectivity index (χ0) is 20.7. The molecule has 0 spiro atoms. The van der Waals surface area contributed by atoms with Crippen LogP contribution < -0.4 is 10.9 Å². The van der Waals surface area contributed by atoms with Gasteiger partial charge in [-0.2, -0.15) is 0 Å². The number of anilines is 1. The molecule has 4 rings (SSSR count). The van der Waals surface area contributed by atoms with Gasteiger partial charge >= 0.3 is 0 Å². The summed E-state index contributed by atoms with van der Waals surface area (Å²) in [6, 6.07) is 12.0. The summed E-state index contributed by atoms with van der Waals surface area (Å²) in [4.78, 5) is 12.9. The number of nitrogens with zero attached hydrogens (tertiary/aromatic N) is 2. The Morgan fingerprint density at radius 3 is 2.45 bits per heavy atom. The van der Waals surface area contributed by atoms with E-state index in [1.54, 1.807) is 48.0 Å². The fourth-order valence-electron chi connectivity index (χ4n) is 3.19. The number of halogens is 4. The van der Waals surface area contributed by atoms with Crippen LogP contribution in [-0.4, -0.2) is 9.20 Å². The van der Waals surface area contributed by atoms with Gasteiger partial charge in [-0.25, -0.2) is 13.5 Å². The second kappa shape index (κ2) is 7.54. The molecule has 0 amide bonds. The summed E-state index contributed by atoms with van der Waals surface area (Å²) in [6.07, 6.45) is 1.70. The van der Waals surface area contributed by atoms with Crippen LogP contribution >= 0.6 is 23.2 Å². The van der Waals surface area contributed by atoms with E-state index in [1.165, 1.54) is 16.8 Å². The Labute approximate surface area is 174 Å². The third-order valence-corrected chi connectivity index (χ3v) is 5.30. The Kier molecular flexibility index (Phi) is 5.06. The summed E-state index contributed by atoms with van der Waals surface area (Å²) in [5.41, 5.74) is 2.33. The van der Waals surface area contributed by atoms with Crippen LogP contribution in [0.25, 0.3) is 11.2 Å². The average molecular weight is 434 g/mol. The zero-order valence-electron chi connectivity index (χ0n) is 15.2. The zero-order valence-corrected chi connectivity index (χ0v) is 16.7. The van der Waals surface area contributed by atoms with Gasteiger partial charge in [0.1, 0.15) is 17.3 Å². The van der Waals surface area contributed by atoms with E-state index >= 15 is 0 Å². The molecule has 0 atom stereocenters. The Morgan fingerprint density at radius 2 is 1.76 bits per heavy atom. The van der Waals surface area contributed by atoms with Gasteiger partial charge in [-0.05, 0) is 37.3 Å². The van der Waals surface area contributed by atoms with Crippen molar-refractivity contribution < 1.29 is 8.78 Å². The van der Waals surface area contributed by atoms with Crippen molar-refractivity contribution in [2.24, 2.45) is 0 Å². The van der Waals surface area contributed by atoms with Crippen molar-refractivity contribution in [1.29, 1.82) is 0 Å². The predicted molar refractivity (Wildman–Crippen MR) is 111 cm³/mol. The summed E-state index contributed by atoms with van der Waals surface area (Å²) >= 11 is 12.6. The van der Waals surface area contributed by atoms with Crippen molar-refractivity contribution in [3.63, 3.8) is 0 Å². The van der Waals surface area contributed by atoms with Gasteiger partial charge in [0.05, 0.1) is 15.6 Å². The molecule has 0 unspecified atom stereocenters.